The Kier molecular flexibility index (Phi) is 4.32. The summed E-state index contributed by atoms with van der Waals surface area (Å²) in [7, 11) is 0. The molecule has 3 heterocycles. The number of hydrogen-bond donors (Lipinski definition) is 1. The molecule has 0 radical (unpaired) electrons. The second kappa shape index (κ2) is 6.21. The van der Waals surface area contributed by atoms with E-state index in [0.717, 1.165) is 30.5 Å². The van der Waals surface area contributed by atoms with Crippen LogP contribution in [0, 0.1) is 24.2 Å². The SMILES string of the molecule is Cc1nc(N2CCC(C3CCCN3)CC2)c(Cl)cc1C#N. The molecule has 1 unspecified atom stereocenters. The summed E-state index contributed by atoms with van der Waals surface area (Å²) in [6.45, 7) is 5.04. The van der Waals surface area contributed by atoms with Crippen LogP contribution < -0.4 is 10.2 Å². The van der Waals surface area contributed by atoms with Crippen LogP contribution in [0.1, 0.15) is 36.9 Å². The third-order valence-corrected chi connectivity index (χ3v) is 5.05. The lowest BCUT2D eigenvalue weighted by atomic mass is 9.88. The minimum atomic E-state index is 0.564. The number of nitriles is 1. The van der Waals surface area contributed by atoms with Gasteiger partial charge in [0, 0.05) is 19.1 Å². The van der Waals surface area contributed by atoms with Crippen LogP contribution in [0.2, 0.25) is 5.02 Å². The third kappa shape index (κ3) is 3.00. The zero-order valence-electron chi connectivity index (χ0n) is 12.4. The Morgan fingerprint density at radius 3 is 2.76 bits per heavy atom. The number of nitrogens with one attached hydrogen (secondary N) is 1. The zero-order valence-corrected chi connectivity index (χ0v) is 13.2. The number of halogens is 1. The lowest BCUT2D eigenvalue weighted by Crippen LogP contribution is -2.41. The maximum absolute atomic E-state index is 9.03. The van der Waals surface area contributed by atoms with Gasteiger partial charge in [0.25, 0.3) is 0 Å². The zero-order chi connectivity index (χ0) is 14.8. The Morgan fingerprint density at radius 1 is 1.38 bits per heavy atom. The van der Waals surface area contributed by atoms with Crippen molar-refractivity contribution in [3.63, 3.8) is 0 Å². The van der Waals surface area contributed by atoms with Gasteiger partial charge in [0.1, 0.15) is 11.9 Å². The van der Waals surface area contributed by atoms with E-state index in [4.69, 9.17) is 16.9 Å². The van der Waals surface area contributed by atoms with Gasteiger partial charge in [0.15, 0.2) is 0 Å². The van der Waals surface area contributed by atoms with Crippen LogP contribution >= 0.6 is 11.6 Å². The van der Waals surface area contributed by atoms with Gasteiger partial charge in [-0.05, 0) is 51.1 Å². The van der Waals surface area contributed by atoms with E-state index in [1.54, 1.807) is 6.07 Å². The highest BCUT2D eigenvalue weighted by molar-refractivity contribution is 6.33. The van der Waals surface area contributed by atoms with Crippen LogP contribution in [0.15, 0.2) is 6.07 Å². The van der Waals surface area contributed by atoms with Crippen LogP contribution in [0.3, 0.4) is 0 Å². The first-order chi connectivity index (χ1) is 10.2. The molecule has 4 nitrogen and oxygen atoms in total. The molecule has 5 heteroatoms. The molecule has 21 heavy (non-hydrogen) atoms. The highest BCUT2D eigenvalue weighted by Gasteiger charge is 2.29. The summed E-state index contributed by atoms with van der Waals surface area (Å²) < 4.78 is 0. The number of hydrogen-bond acceptors (Lipinski definition) is 4. The summed E-state index contributed by atoms with van der Waals surface area (Å²) in [5.41, 5.74) is 1.32. The number of pyridine rings is 1. The molecule has 3 rings (SSSR count). The quantitative estimate of drug-likeness (QED) is 0.913. The Bertz CT molecular complexity index is 552. The van der Waals surface area contributed by atoms with Gasteiger partial charge in [-0.25, -0.2) is 4.98 Å². The molecule has 2 fully saturated rings. The summed E-state index contributed by atoms with van der Waals surface area (Å²) in [4.78, 5) is 6.81. The van der Waals surface area contributed by atoms with Crippen molar-refractivity contribution in [2.45, 2.75) is 38.6 Å². The topological polar surface area (TPSA) is 52.0 Å². The minimum absolute atomic E-state index is 0.564. The molecule has 1 aromatic heterocycles. The van der Waals surface area contributed by atoms with E-state index >= 15 is 0 Å². The van der Waals surface area contributed by atoms with E-state index in [2.05, 4.69) is 21.3 Å². The van der Waals surface area contributed by atoms with Crippen LogP contribution in [0.25, 0.3) is 0 Å². The number of anilines is 1. The van der Waals surface area contributed by atoms with Crippen LogP contribution in [0.5, 0.6) is 0 Å². The Labute approximate surface area is 131 Å². The fraction of sp³-hybridized carbons (Fsp3) is 0.625. The van der Waals surface area contributed by atoms with E-state index in [-0.39, 0.29) is 0 Å². The van der Waals surface area contributed by atoms with Gasteiger partial charge < -0.3 is 10.2 Å². The fourth-order valence-corrected chi connectivity index (χ4v) is 3.80. The summed E-state index contributed by atoms with van der Waals surface area (Å²) in [5, 5.41) is 13.2. The van der Waals surface area contributed by atoms with Gasteiger partial charge >= 0.3 is 0 Å². The molecule has 112 valence electrons. The third-order valence-electron chi connectivity index (χ3n) is 4.78. The van der Waals surface area contributed by atoms with E-state index in [1.165, 1.54) is 32.2 Å². The molecule has 0 aromatic carbocycles. The number of rotatable bonds is 2. The molecular weight excluding hydrogens is 284 g/mol. The normalized spacial score (nSPS) is 23.3. The monoisotopic (exact) mass is 304 g/mol. The van der Waals surface area contributed by atoms with Crippen molar-refractivity contribution in [3.05, 3.63) is 22.3 Å². The molecule has 2 saturated heterocycles. The van der Waals surface area contributed by atoms with Crippen LogP contribution in [-0.4, -0.2) is 30.7 Å². The van der Waals surface area contributed by atoms with Crippen LogP contribution in [-0.2, 0) is 0 Å². The van der Waals surface area contributed by atoms with Gasteiger partial charge in [-0.2, -0.15) is 5.26 Å². The molecule has 0 spiro atoms. The van der Waals surface area contributed by atoms with Gasteiger partial charge in [-0.3, -0.25) is 0 Å². The molecule has 2 aliphatic rings. The maximum atomic E-state index is 9.03. The largest absolute Gasteiger partial charge is 0.355 e. The van der Waals surface area contributed by atoms with E-state index in [0.29, 0.717) is 16.6 Å². The summed E-state index contributed by atoms with van der Waals surface area (Å²) >= 11 is 6.31. The predicted molar refractivity (Wildman–Crippen MR) is 84.7 cm³/mol. The van der Waals surface area contributed by atoms with E-state index < -0.39 is 0 Å². The van der Waals surface area contributed by atoms with Gasteiger partial charge in [-0.15, -0.1) is 0 Å². The lowest BCUT2D eigenvalue weighted by molar-refractivity contribution is 0.318. The summed E-state index contributed by atoms with van der Waals surface area (Å²) in [5.74, 6) is 1.62. The number of aromatic nitrogens is 1. The van der Waals surface area contributed by atoms with Crippen molar-refractivity contribution in [1.82, 2.24) is 10.3 Å². The van der Waals surface area contributed by atoms with Crippen molar-refractivity contribution in [2.75, 3.05) is 24.5 Å². The van der Waals surface area contributed by atoms with E-state index in [9.17, 15) is 0 Å². The lowest BCUT2D eigenvalue weighted by Gasteiger charge is -2.36. The van der Waals surface area contributed by atoms with Crippen molar-refractivity contribution in [2.24, 2.45) is 5.92 Å². The Hall–Kier alpha value is -1.31. The average molecular weight is 305 g/mol. The molecule has 0 bridgehead atoms. The van der Waals surface area contributed by atoms with Crippen molar-refractivity contribution < 1.29 is 0 Å². The molecule has 0 saturated carbocycles. The standard InChI is InChI=1S/C16H21ClN4/c1-11-13(10-18)9-14(17)16(20-11)21-7-4-12(5-8-21)15-3-2-6-19-15/h9,12,15,19H,2-8H2,1H3. The molecule has 1 atom stereocenters. The van der Waals surface area contributed by atoms with E-state index in [1.807, 2.05) is 6.92 Å². The predicted octanol–water partition coefficient (Wildman–Crippen LogP) is 2.88. The number of nitrogens with zero attached hydrogens (tertiary/aromatic N) is 3. The first-order valence-corrected chi connectivity index (χ1v) is 8.12. The van der Waals surface area contributed by atoms with Crippen molar-refractivity contribution in [1.29, 1.82) is 5.26 Å². The average Bonchev–Trinajstić information content (AvgIpc) is 3.04. The molecule has 0 amide bonds. The van der Waals surface area contributed by atoms with Crippen molar-refractivity contribution >= 4 is 17.4 Å². The number of aryl methyl sites for hydroxylation is 1. The molecule has 0 aliphatic carbocycles. The summed E-state index contributed by atoms with van der Waals surface area (Å²) in [6, 6.07) is 4.58. The maximum Gasteiger partial charge on any atom is 0.147 e. The van der Waals surface area contributed by atoms with Crippen molar-refractivity contribution in [3.8, 4) is 6.07 Å². The minimum Gasteiger partial charge on any atom is -0.355 e. The van der Waals surface area contributed by atoms with Gasteiger partial charge in [0.2, 0.25) is 0 Å². The first kappa shape index (κ1) is 14.6. The second-order valence-electron chi connectivity index (χ2n) is 6.07. The number of piperidine rings is 1. The van der Waals surface area contributed by atoms with Gasteiger partial charge in [-0.1, -0.05) is 11.6 Å². The second-order valence-corrected chi connectivity index (χ2v) is 6.47. The Morgan fingerprint density at radius 2 is 2.14 bits per heavy atom. The fourth-order valence-electron chi connectivity index (χ4n) is 3.53. The molecule has 2 aliphatic heterocycles. The first-order valence-electron chi connectivity index (χ1n) is 7.74. The molecule has 1 aromatic rings. The summed E-state index contributed by atoms with van der Waals surface area (Å²) in [6.07, 6.45) is 5.01. The highest BCUT2D eigenvalue weighted by Crippen LogP contribution is 2.31. The smallest absolute Gasteiger partial charge is 0.147 e. The highest BCUT2D eigenvalue weighted by atomic mass is 35.5. The molecular formula is C16H21ClN4. The van der Waals surface area contributed by atoms with Gasteiger partial charge in [0.05, 0.1) is 16.3 Å². The Balaban J connectivity index is 1.69. The van der Waals surface area contributed by atoms with Crippen LogP contribution in [0.4, 0.5) is 5.82 Å². The molecule has 1 N–H and O–H groups in total.